The first-order valence-electron chi connectivity index (χ1n) is 9.52. The predicted octanol–water partition coefficient (Wildman–Crippen LogP) is 5.93. The number of benzene rings is 2. The topological polar surface area (TPSA) is 56.1 Å². The Hall–Kier alpha value is -3.16. The van der Waals surface area contributed by atoms with Crippen molar-refractivity contribution < 1.29 is 13.9 Å². The van der Waals surface area contributed by atoms with Gasteiger partial charge in [0, 0.05) is 23.4 Å². The predicted molar refractivity (Wildman–Crippen MR) is 121 cm³/mol. The monoisotopic (exact) mass is 455 g/mol. The van der Waals surface area contributed by atoms with E-state index < -0.39 is 0 Å². The molecule has 0 spiro atoms. The van der Waals surface area contributed by atoms with Gasteiger partial charge in [0.15, 0.2) is 5.82 Å². The van der Waals surface area contributed by atoms with Gasteiger partial charge in [-0.3, -0.25) is 9.48 Å². The van der Waals surface area contributed by atoms with Gasteiger partial charge in [-0.25, -0.2) is 4.39 Å². The van der Waals surface area contributed by atoms with Crippen LogP contribution in [-0.2, 0) is 13.2 Å². The van der Waals surface area contributed by atoms with Crippen molar-refractivity contribution in [1.29, 1.82) is 0 Å². The summed E-state index contributed by atoms with van der Waals surface area (Å²) in [6.45, 7) is 2.56. The van der Waals surface area contributed by atoms with E-state index in [1.807, 2.05) is 24.4 Å². The van der Waals surface area contributed by atoms with Crippen molar-refractivity contribution in [2.45, 2.75) is 20.1 Å². The van der Waals surface area contributed by atoms with E-state index in [0.717, 1.165) is 11.1 Å². The highest BCUT2D eigenvalue weighted by Crippen LogP contribution is 2.27. The Bertz CT molecular complexity index is 1220. The molecule has 0 unspecified atom stereocenters. The van der Waals surface area contributed by atoms with Gasteiger partial charge in [-0.15, -0.1) is 11.3 Å². The molecule has 0 radical (unpaired) electrons. The number of amides is 1. The average Bonchev–Trinajstić information content (AvgIpc) is 3.40. The second-order valence-electron chi connectivity index (χ2n) is 6.99. The lowest BCUT2D eigenvalue weighted by molar-refractivity contribution is 0.103. The van der Waals surface area contributed by atoms with Gasteiger partial charge >= 0.3 is 0 Å². The molecule has 1 amide bonds. The molecule has 4 rings (SSSR count). The first-order valence-corrected chi connectivity index (χ1v) is 10.8. The van der Waals surface area contributed by atoms with Crippen LogP contribution in [0.4, 0.5) is 10.2 Å². The third-order valence-corrected chi connectivity index (χ3v) is 5.82. The molecule has 0 atom stereocenters. The maximum atomic E-state index is 13.8. The van der Waals surface area contributed by atoms with E-state index >= 15 is 0 Å². The van der Waals surface area contributed by atoms with Crippen LogP contribution < -0.4 is 10.1 Å². The van der Waals surface area contributed by atoms with Gasteiger partial charge in [0.1, 0.15) is 18.2 Å². The summed E-state index contributed by atoms with van der Waals surface area (Å²) in [5.41, 5.74) is 2.46. The Balaban J connectivity index is 1.35. The fraction of sp³-hybridized carbons (Fsp3) is 0.130. The molecule has 0 aliphatic rings. The van der Waals surface area contributed by atoms with E-state index in [1.54, 1.807) is 47.3 Å². The lowest BCUT2D eigenvalue weighted by Gasteiger charge is -2.07. The van der Waals surface area contributed by atoms with Crippen LogP contribution in [0.15, 0.2) is 66.2 Å². The second-order valence-corrected chi connectivity index (χ2v) is 8.30. The van der Waals surface area contributed by atoms with Gasteiger partial charge in [0.2, 0.25) is 0 Å². The van der Waals surface area contributed by atoms with Crippen LogP contribution in [0.2, 0.25) is 5.02 Å². The van der Waals surface area contributed by atoms with Crippen LogP contribution in [0.25, 0.3) is 0 Å². The zero-order chi connectivity index (χ0) is 21.8. The van der Waals surface area contributed by atoms with E-state index in [0.29, 0.717) is 33.6 Å². The molecule has 4 aromatic rings. The van der Waals surface area contributed by atoms with E-state index in [2.05, 4.69) is 10.4 Å². The molecule has 8 heteroatoms. The third kappa shape index (κ3) is 5.31. The number of rotatable bonds is 7. The van der Waals surface area contributed by atoms with Crippen molar-refractivity contribution in [2.75, 3.05) is 5.32 Å². The largest absolute Gasteiger partial charge is 0.487 e. The van der Waals surface area contributed by atoms with Crippen molar-refractivity contribution in [2.24, 2.45) is 0 Å². The van der Waals surface area contributed by atoms with Crippen molar-refractivity contribution in [3.05, 3.63) is 98.6 Å². The molecule has 2 aromatic carbocycles. The normalized spacial score (nSPS) is 10.8. The number of carbonyl (C=O) groups excluding carboxylic acids is 1. The molecule has 5 nitrogen and oxygen atoms in total. The van der Waals surface area contributed by atoms with E-state index in [1.165, 1.54) is 17.4 Å². The van der Waals surface area contributed by atoms with Crippen LogP contribution in [0.1, 0.15) is 26.4 Å². The lowest BCUT2D eigenvalue weighted by Crippen LogP contribution is -2.11. The first kappa shape index (κ1) is 21.1. The maximum absolute atomic E-state index is 13.8. The number of ether oxygens (including phenoxy) is 1. The Kier molecular flexibility index (Phi) is 6.34. The highest BCUT2D eigenvalue weighted by molar-refractivity contribution is 7.12. The van der Waals surface area contributed by atoms with Gasteiger partial charge < -0.3 is 10.1 Å². The number of carbonyl (C=O) groups is 1. The maximum Gasteiger partial charge on any atom is 0.266 e. The van der Waals surface area contributed by atoms with Gasteiger partial charge in [-0.2, -0.15) is 5.10 Å². The molecule has 31 heavy (non-hydrogen) atoms. The summed E-state index contributed by atoms with van der Waals surface area (Å²) < 4.78 is 21.2. The van der Waals surface area contributed by atoms with Crippen LogP contribution in [0.5, 0.6) is 5.75 Å². The zero-order valence-electron chi connectivity index (χ0n) is 16.6. The minimum atomic E-state index is -0.288. The molecule has 158 valence electrons. The SMILES string of the molecule is Cc1ccc(Cl)c(OCc2csc(C(=O)Nc3ccn(Cc4ccccc4F)n3)c2)c1. The standard InChI is InChI=1S/C23H19ClFN3O2S/c1-15-6-7-18(24)20(10-15)30-13-16-11-21(31-14-16)23(29)26-22-8-9-28(27-22)12-17-4-2-3-5-19(17)25/h2-11,14H,12-13H2,1H3,(H,26,27,29). The van der Waals surface area contributed by atoms with E-state index in [4.69, 9.17) is 16.3 Å². The summed E-state index contributed by atoms with van der Waals surface area (Å²) in [7, 11) is 0. The smallest absolute Gasteiger partial charge is 0.266 e. The van der Waals surface area contributed by atoms with Crippen LogP contribution >= 0.6 is 22.9 Å². The number of hydrogen-bond donors (Lipinski definition) is 1. The number of aryl methyl sites for hydroxylation is 1. The Morgan fingerprint density at radius 2 is 2.06 bits per heavy atom. The summed E-state index contributed by atoms with van der Waals surface area (Å²) in [6.07, 6.45) is 1.70. The Morgan fingerprint density at radius 1 is 1.23 bits per heavy atom. The van der Waals surface area contributed by atoms with Crippen molar-refractivity contribution >= 4 is 34.7 Å². The first-order chi connectivity index (χ1) is 15.0. The Morgan fingerprint density at radius 3 is 2.90 bits per heavy atom. The average molecular weight is 456 g/mol. The van der Waals surface area contributed by atoms with Crippen LogP contribution in [0.3, 0.4) is 0 Å². The molecular formula is C23H19ClFN3O2S. The highest BCUT2D eigenvalue weighted by Gasteiger charge is 2.12. The van der Waals surface area contributed by atoms with Gasteiger partial charge in [-0.1, -0.05) is 35.9 Å². The van der Waals surface area contributed by atoms with Gasteiger partial charge in [0.25, 0.3) is 5.91 Å². The molecule has 0 fully saturated rings. The molecule has 0 aliphatic carbocycles. The quantitative estimate of drug-likeness (QED) is 0.376. The summed E-state index contributed by atoms with van der Waals surface area (Å²) in [5.74, 6) is 0.461. The molecule has 2 heterocycles. The number of nitrogens with one attached hydrogen (secondary N) is 1. The third-order valence-electron chi connectivity index (χ3n) is 4.53. The lowest BCUT2D eigenvalue weighted by atomic mass is 10.2. The van der Waals surface area contributed by atoms with E-state index in [9.17, 15) is 9.18 Å². The Labute approximate surface area is 188 Å². The number of anilines is 1. The molecule has 0 bridgehead atoms. The molecule has 1 N–H and O–H groups in total. The van der Waals surface area contributed by atoms with Crippen molar-refractivity contribution in [3.63, 3.8) is 0 Å². The fourth-order valence-corrected chi connectivity index (χ4v) is 3.91. The van der Waals surface area contributed by atoms with Gasteiger partial charge in [0.05, 0.1) is 16.4 Å². The minimum absolute atomic E-state index is 0.263. The summed E-state index contributed by atoms with van der Waals surface area (Å²) in [6, 6.07) is 15.6. The fourth-order valence-electron chi connectivity index (χ4n) is 2.95. The molecule has 0 aliphatic heterocycles. The molecule has 2 aromatic heterocycles. The highest BCUT2D eigenvalue weighted by atomic mass is 35.5. The van der Waals surface area contributed by atoms with Crippen LogP contribution in [-0.4, -0.2) is 15.7 Å². The second kappa shape index (κ2) is 9.32. The molecular weight excluding hydrogens is 437 g/mol. The molecule has 0 saturated heterocycles. The van der Waals surface area contributed by atoms with Crippen LogP contribution in [0, 0.1) is 12.7 Å². The summed E-state index contributed by atoms with van der Waals surface area (Å²) >= 11 is 7.48. The number of aromatic nitrogens is 2. The van der Waals surface area contributed by atoms with Gasteiger partial charge in [-0.05, 0) is 42.1 Å². The number of hydrogen-bond acceptors (Lipinski definition) is 4. The van der Waals surface area contributed by atoms with E-state index in [-0.39, 0.29) is 18.3 Å². The minimum Gasteiger partial charge on any atom is -0.487 e. The van der Waals surface area contributed by atoms with Crippen molar-refractivity contribution in [1.82, 2.24) is 9.78 Å². The summed E-state index contributed by atoms with van der Waals surface area (Å²) in [4.78, 5) is 13.1. The zero-order valence-corrected chi connectivity index (χ0v) is 18.2. The molecule has 0 saturated carbocycles. The number of thiophene rings is 1. The summed E-state index contributed by atoms with van der Waals surface area (Å²) in [5, 5.41) is 9.48. The number of nitrogens with zero attached hydrogens (tertiary/aromatic N) is 2. The van der Waals surface area contributed by atoms with Crippen molar-refractivity contribution in [3.8, 4) is 5.75 Å². The number of halogens is 2.